The number of halogens is 1. The molecule has 0 atom stereocenters. The number of hydrogen-bond donors (Lipinski definition) is 0. The third-order valence-corrected chi connectivity index (χ3v) is 3.86. The number of hydrogen-bond acceptors (Lipinski definition) is 1. The zero-order valence-corrected chi connectivity index (χ0v) is 12.2. The largest absolute Gasteiger partial charge is 0.353 e. The Morgan fingerprint density at radius 2 is 1.60 bits per heavy atom. The number of pyridine rings is 1. The molecule has 20 heavy (non-hydrogen) atoms. The fraction of sp³-hybridized carbons (Fsp3) is 0.118. The normalized spacial score (nSPS) is 10.8. The molecular weight excluding hydrogens is 268 g/mol. The first-order valence-corrected chi connectivity index (χ1v) is 6.87. The van der Waals surface area contributed by atoms with Crippen LogP contribution in [0.25, 0.3) is 22.3 Å². The van der Waals surface area contributed by atoms with E-state index in [0.717, 1.165) is 5.02 Å². The average molecular weight is 283 g/mol. The van der Waals surface area contributed by atoms with Gasteiger partial charge < -0.3 is 4.57 Å². The molecule has 2 aromatic heterocycles. The van der Waals surface area contributed by atoms with Gasteiger partial charge in [-0.05, 0) is 42.3 Å². The Morgan fingerprint density at radius 3 is 2.25 bits per heavy atom. The van der Waals surface area contributed by atoms with Crippen molar-refractivity contribution in [3.05, 3.63) is 65.7 Å². The lowest BCUT2D eigenvalue weighted by atomic mass is 9.98. The average Bonchev–Trinajstić information content (AvgIpc) is 2.77. The van der Waals surface area contributed by atoms with Crippen LogP contribution in [0.4, 0.5) is 0 Å². The van der Waals surface area contributed by atoms with Crippen molar-refractivity contribution < 1.29 is 0 Å². The van der Waals surface area contributed by atoms with E-state index in [2.05, 4.69) is 41.9 Å². The zero-order valence-electron chi connectivity index (χ0n) is 11.5. The molecule has 0 saturated heterocycles. The van der Waals surface area contributed by atoms with Crippen LogP contribution in [-0.4, -0.2) is 9.55 Å². The van der Waals surface area contributed by atoms with Crippen molar-refractivity contribution >= 4 is 11.6 Å². The van der Waals surface area contributed by atoms with Crippen LogP contribution in [0.15, 0.2) is 55.0 Å². The molecule has 3 heteroatoms. The highest BCUT2D eigenvalue weighted by molar-refractivity contribution is 6.30. The Morgan fingerprint density at radius 1 is 0.950 bits per heavy atom. The summed E-state index contributed by atoms with van der Waals surface area (Å²) in [7, 11) is 2.07. The number of rotatable bonds is 2. The maximum atomic E-state index is 5.98. The van der Waals surface area contributed by atoms with Crippen LogP contribution >= 0.6 is 11.6 Å². The van der Waals surface area contributed by atoms with Crippen molar-refractivity contribution in [2.24, 2.45) is 7.05 Å². The fourth-order valence-corrected chi connectivity index (χ4v) is 2.58. The third-order valence-electron chi connectivity index (χ3n) is 3.61. The molecule has 2 nitrogen and oxygen atoms in total. The second-order valence-corrected chi connectivity index (χ2v) is 5.29. The van der Waals surface area contributed by atoms with Crippen LogP contribution in [0.1, 0.15) is 5.69 Å². The lowest BCUT2D eigenvalue weighted by Crippen LogP contribution is -1.89. The van der Waals surface area contributed by atoms with Gasteiger partial charge in [-0.3, -0.25) is 4.98 Å². The van der Waals surface area contributed by atoms with Crippen molar-refractivity contribution in [3.63, 3.8) is 0 Å². The van der Waals surface area contributed by atoms with Gasteiger partial charge in [0, 0.05) is 47.5 Å². The molecule has 100 valence electrons. The van der Waals surface area contributed by atoms with Crippen molar-refractivity contribution in [3.8, 4) is 22.3 Å². The monoisotopic (exact) mass is 282 g/mol. The Balaban J connectivity index is 2.22. The summed E-state index contributed by atoms with van der Waals surface area (Å²) in [6, 6.07) is 12.1. The van der Waals surface area contributed by atoms with Crippen LogP contribution in [0, 0.1) is 6.92 Å². The maximum absolute atomic E-state index is 5.98. The number of aromatic nitrogens is 2. The van der Waals surface area contributed by atoms with Gasteiger partial charge >= 0.3 is 0 Å². The van der Waals surface area contributed by atoms with Crippen molar-refractivity contribution in [2.45, 2.75) is 6.92 Å². The summed E-state index contributed by atoms with van der Waals surface area (Å²) in [5, 5.41) is 0.756. The molecule has 0 aliphatic heterocycles. The van der Waals surface area contributed by atoms with Gasteiger partial charge in [0.25, 0.3) is 0 Å². The highest BCUT2D eigenvalue weighted by Gasteiger charge is 2.14. The van der Waals surface area contributed by atoms with Gasteiger partial charge in [-0.2, -0.15) is 0 Å². The van der Waals surface area contributed by atoms with Crippen molar-refractivity contribution in [1.82, 2.24) is 9.55 Å². The number of aryl methyl sites for hydroxylation is 1. The van der Waals surface area contributed by atoms with Gasteiger partial charge in [-0.25, -0.2) is 0 Å². The smallest absolute Gasteiger partial charge is 0.0406 e. The van der Waals surface area contributed by atoms with Crippen molar-refractivity contribution in [1.29, 1.82) is 0 Å². The molecule has 0 aliphatic rings. The van der Waals surface area contributed by atoms with E-state index >= 15 is 0 Å². The molecule has 0 unspecified atom stereocenters. The van der Waals surface area contributed by atoms with E-state index < -0.39 is 0 Å². The molecule has 0 amide bonds. The standard InChI is InChI=1S/C17H15ClN2/c1-12-17(14-7-9-19-10-8-14)16(11-20(12)2)13-3-5-15(18)6-4-13/h3-11H,1-2H3. The molecule has 0 saturated carbocycles. The zero-order chi connectivity index (χ0) is 14.1. The number of nitrogens with zero attached hydrogens (tertiary/aromatic N) is 2. The van der Waals surface area contributed by atoms with E-state index in [1.54, 1.807) is 0 Å². The Bertz CT molecular complexity index is 728. The first kappa shape index (κ1) is 12.9. The highest BCUT2D eigenvalue weighted by atomic mass is 35.5. The van der Waals surface area contributed by atoms with Crippen molar-refractivity contribution in [2.75, 3.05) is 0 Å². The van der Waals surface area contributed by atoms with Gasteiger partial charge in [0.2, 0.25) is 0 Å². The first-order valence-electron chi connectivity index (χ1n) is 6.49. The van der Waals surface area contributed by atoms with Gasteiger partial charge in [0.05, 0.1) is 0 Å². The van der Waals surface area contributed by atoms with Gasteiger partial charge in [0.15, 0.2) is 0 Å². The summed E-state index contributed by atoms with van der Waals surface area (Å²) in [6.07, 6.45) is 5.81. The van der Waals surface area contributed by atoms with Crippen LogP contribution in [0.3, 0.4) is 0 Å². The van der Waals surface area contributed by atoms with Crippen LogP contribution < -0.4 is 0 Å². The Kier molecular flexibility index (Phi) is 3.33. The highest BCUT2D eigenvalue weighted by Crippen LogP contribution is 2.36. The van der Waals surface area contributed by atoms with Crippen LogP contribution in [-0.2, 0) is 7.05 Å². The van der Waals surface area contributed by atoms with Gasteiger partial charge in [-0.1, -0.05) is 23.7 Å². The Hall–Kier alpha value is -2.06. The Labute approximate surface area is 123 Å². The predicted octanol–water partition coefficient (Wildman–Crippen LogP) is 4.72. The molecule has 0 N–H and O–H groups in total. The summed E-state index contributed by atoms with van der Waals surface area (Å²) in [5.74, 6) is 0. The maximum Gasteiger partial charge on any atom is 0.0406 e. The molecule has 0 radical (unpaired) electrons. The fourth-order valence-electron chi connectivity index (χ4n) is 2.46. The molecule has 3 aromatic rings. The molecule has 0 spiro atoms. The third kappa shape index (κ3) is 2.23. The summed E-state index contributed by atoms with van der Waals surface area (Å²) in [5.41, 5.74) is 6.05. The predicted molar refractivity (Wildman–Crippen MR) is 83.8 cm³/mol. The molecule has 1 aromatic carbocycles. The quantitative estimate of drug-likeness (QED) is 0.665. The number of benzene rings is 1. The van der Waals surface area contributed by atoms with E-state index in [1.165, 1.54) is 27.9 Å². The molecule has 0 fully saturated rings. The second kappa shape index (κ2) is 5.14. The topological polar surface area (TPSA) is 17.8 Å². The summed E-state index contributed by atoms with van der Waals surface area (Å²) >= 11 is 5.98. The summed E-state index contributed by atoms with van der Waals surface area (Å²) in [6.45, 7) is 2.13. The molecule has 3 rings (SSSR count). The molecular formula is C17H15ClN2. The van der Waals surface area contributed by atoms with E-state index in [-0.39, 0.29) is 0 Å². The molecule has 0 aliphatic carbocycles. The summed E-state index contributed by atoms with van der Waals surface area (Å²) in [4.78, 5) is 4.10. The van der Waals surface area contributed by atoms with Crippen LogP contribution in [0.2, 0.25) is 5.02 Å². The van der Waals surface area contributed by atoms with E-state index in [1.807, 2.05) is 36.7 Å². The van der Waals surface area contributed by atoms with Gasteiger partial charge in [-0.15, -0.1) is 0 Å². The lowest BCUT2D eigenvalue weighted by molar-refractivity contribution is 0.884. The van der Waals surface area contributed by atoms with Crippen LogP contribution in [0.5, 0.6) is 0 Å². The van der Waals surface area contributed by atoms with E-state index in [4.69, 9.17) is 11.6 Å². The molecule has 2 heterocycles. The first-order chi connectivity index (χ1) is 9.66. The molecule has 0 bridgehead atoms. The second-order valence-electron chi connectivity index (χ2n) is 4.86. The van der Waals surface area contributed by atoms with E-state index in [9.17, 15) is 0 Å². The summed E-state index contributed by atoms with van der Waals surface area (Å²) < 4.78 is 2.15. The minimum atomic E-state index is 0.756. The van der Waals surface area contributed by atoms with E-state index in [0.29, 0.717) is 0 Å². The van der Waals surface area contributed by atoms with Gasteiger partial charge in [0.1, 0.15) is 0 Å². The lowest BCUT2D eigenvalue weighted by Gasteiger charge is -2.06. The SMILES string of the molecule is Cc1c(-c2ccncc2)c(-c2ccc(Cl)cc2)cn1C. The minimum absolute atomic E-state index is 0.756. The minimum Gasteiger partial charge on any atom is -0.353 e.